The number of unbranched alkanes of at least 4 members (excludes halogenated alkanes) is 1. The fourth-order valence-corrected chi connectivity index (χ4v) is 5.58. The van der Waals surface area contributed by atoms with E-state index in [4.69, 9.17) is 9.47 Å². The first kappa shape index (κ1) is 28.5. The Hall–Kier alpha value is -3.49. The van der Waals surface area contributed by atoms with Crippen LogP contribution in [0.25, 0.3) is 11.1 Å². The summed E-state index contributed by atoms with van der Waals surface area (Å²) in [5, 5.41) is 9.57. The van der Waals surface area contributed by atoms with Gasteiger partial charge in [-0.05, 0) is 48.4 Å². The third-order valence-corrected chi connectivity index (χ3v) is 7.64. The summed E-state index contributed by atoms with van der Waals surface area (Å²) in [5.74, 6) is -1.34. The Balaban J connectivity index is 1.77. The zero-order valence-corrected chi connectivity index (χ0v) is 23.0. The highest BCUT2D eigenvalue weighted by Gasteiger charge is 2.33. The fraction of sp³-hybridized carbons (Fsp3) is 0.452. The van der Waals surface area contributed by atoms with Crippen LogP contribution in [-0.4, -0.2) is 40.3 Å². The molecule has 0 bridgehead atoms. The highest BCUT2D eigenvalue weighted by atomic mass is 16.7. The zero-order valence-electron chi connectivity index (χ0n) is 23.0. The van der Waals surface area contributed by atoms with Crippen molar-refractivity contribution in [1.29, 1.82) is 0 Å². The first-order valence-electron chi connectivity index (χ1n) is 13.8. The summed E-state index contributed by atoms with van der Waals surface area (Å²) in [6.45, 7) is 2.36. The van der Waals surface area contributed by atoms with Crippen molar-refractivity contribution in [3.8, 4) is 11.1 Å². The minimum Gasteiger partial charge on any atom is -0.478 e. The van der Waals surface area contributed by atoms with Crippen molar-refractivity contribution >= 4 is 11.9 Å². The van der Waals surface area contributed by atoms with Gasteiger partial charge in [-0.3, -0.25) is 9.36 Å². The summed E-state index contributed by atoms with van der Waals surface area (Å²) in [7, 11) is 3.03. The Kier molecular flexibility index (Phi) is 9.54. The van der Waals surface area contributed by atoms with Crippen molar-refractivity contribution in [2.45, 2.75) is 71.1 Å². The molecule has 1 heterocycles. The predicted octanol–water partition coefficient (Wildman–Crippen LogP) is 5.92. The SMILES string of the molecule is CCCCc1c(C(OC)OC)n(C(=O)C2CCCCC2)c(=O)n1Cc1ccc(-c2ccccc2C(=O)O)cc1. The normalized spacial score (nSPS) is 14.2. The van der Waals surface area contributed by atoms with Gasteiger partial charge in [0, 0.05) is 25.8 Å². The van der Waals surface area contributed by atoms with Crippen LogP contribution in [0, 0.1) is 5.92 Å². The van der Waals surface area contributed by atoms with Crippen molar-refractivity contribution in [3.63, 3.8) is 0 Å². The van der Waals surface area contributed by atoms with Crippen LogP contribution < -0.4 is 5.69 Å². The van der Waals surface area contributed by atoms with E-state index in [0.29, 0.717) is 17.7 Å². The smallest absolute Gasteiger partial charge is 0.336 e. The van der Waals surface area contributed by atoms with Crippen molar-refractivity contribution < 1.29 is 24.2 Å². The van der Waals surface area contributed by atoms with Crippen LogP contribution in [0.15, 0.2) is 53.3 Å². The number of aromatic carboxylic acids is 1. The topological polar surface area (TPSA) is 99.8 Å². The molecule has 3 aromatic rings. The molecule has 2 aromatic carbocycles. The van der Waals surface area contributed by atoms with E-state index < -0.39 is 12.3 Å². The van der Waals surface area contributed by atoms with E-state index in [1.807, 2.05) is 30.3 Å². The quantitative estimate of drug-likeness (QED) is 0.307. The van der Waals surface area contributed by atoms with Crippen LogP contribution in [0.1, 0.15) is 90.3 Å². The Bertz CT molecular complexity index is 1340. The number of carbonyl (C=O) groups is 2. The molecule has 4 rings (SSSR count). The molecule has 1 aliphatic carbocycles. The number of carboxylic acids is 1. The van der Waals surface area contributed by atoms with Gasteiger partial charge < -0.3 is 14.6 Å². The number of nitrogens with zero attached hydrogens (tertiary/aromatic N) is 2. The van der Waals surface area contributed by atoms with E-state index in [1.165, 1.54) is 18.8 Å². The predicted molar refractivity (Wildman–Crippen MR) is 149 cm³/mol. The van der Waals surface area contributed by atoms with Crippen molar-refractivity contribution in [2.24, 2.45) is 5.92 Å². The van der Waals surface area contributed by atoms with Gasteiger partial charge in [-0.25, -0.2) is 14.2 Å². The lowest BCUT2D eigenvalue weighted by molar-refractivity contribution is -0.110. The van der Waals surface area contributed by atoms with Gasteiger partial charge in [0.1, 0.15) is 5.69 Å². The molecule has 39 heavy (non-hydrogen) atoms. The van der Waals surface area contributed by atoms with Crippen LogP contribution in [0.5, 0.6) is 0 Å². The van der Waals surface area contributed by atoms with Crippen molar-refractivity contribution in [2.75, 3.05) is 14.2 Å². The molecule has 0 aliphatic heterocycles. The first-order valence-corrected chi connectivity index (χ1v) is 13.8. The molecule has 0 saturated heterocycles. The summed E-state index contributed by atoms with van der Waals surface area (Å²) in [5.41, 5.74) is 3.38. The Labute approximate surface area is 229 Å². The second-order valence-electron chi connectivity index (χ2n) is 10.2. The maximum Gasteiger partial charge on any atom is 0.336 e. The number of methoxy groups -OCH3 is 2. The molecular weight excluding hydrogens is 496 g/mol. The third-order valence-electron chi connectivity index (χ3n) is 7.64. The van der Waals surface area contributed by atoms with E-state index in [-0.39, 0.29) is 29.6 Å². The highest BCUT2D eigenvalue weighted by molar-refractivity contribution is 5.96. The fourth-order valence-electron chi connectivity index (χ4n) is 5.58. The average molecular weight is 535 g/mol. The number of carboxylic acid groups (broad SMARTS) is 1. The number of rotatable bonds is 11. The molecule has 1 N–H and O–H groups in total. The van der Waals surface area contributed by atoms with E-state index in [0.717, 1.165) is 61.8 Å². The average Bonchev–Trinajstić information content (AvgIpc) is 3.23. The Morgan fingerprint density at radius 2 is 1.67 bits per heavy atom. The highest BCUT2D eigenvalue weighted by Crippen LogP contribution is 2.30. The number of hydrogen-bond acceptors (Lipinski definition) is 5. The molecule has 1 aliphatic rings. The lowest BCUT2D eigenvalue weighted by atomic mass is 9.88. The second-order valence-corrected chi connectivity index (χ2v) is 10.2. The number of carbonyl (C=O) groups excluding carboxylic acids is 1. The molecule has 1 saturated carbocycles. The van der Waals surface area contributed by atoms with Crippen LogP contribution in [0.3, 0.4) is 0 Å². The molecule has 208 valence electrons. The molecule has 0 amide bonds. The number of hydrogen-bond donors (Lipinski definition) is 1. The molecule has 0 unspecified atom stereocenters. The van der Waals surface area contributed by atoms with Crippen LogP contribution in [0.4, 0.5) is 0 Å². The summed E-state index contributed by atoms with van der Waals surface area (Å²) < 4.78 is 14.2. The lowest BCUT2D eigenvalue weighted by Crippen LogP contribution is -2.35. The van der Waals surface area contributed by atoms with Gasteiger partial charge in [-0.1, -0.05) is 75.1 Å². The largest absolute Gasteiger partial charge is 0.478 e. The van der Waals surface area contributed by atoms with Crippen molar-refractivity contribution in [1.82, 2.24) is 9.13 Å². The molecule has 0 spiro atoms. The van der Waals surface area contributed by atoms with E-state index in [9.17, 15) is 19.5 Å². The maximum atomic E-state index is 13.9. The first-order chi connectivity index (χ1) is 18.9. The van der Waals surface area contributed by atoms with Crippen LogP contribution in [0.2, 0.25) is 0 Å². The maximum absolute atomic E-state index is 13.9. The van der Waals surface area contributed by atoms with Gasteiger partial charge in [-0.2, -0.15) is 0 Å². The molecular formula is C31H38N2O6. The summed E-state index contributed by atoms with van der Waals surface area (Å²) in [6, 6.07) is 14.4. The van der Waals surface area contributed by atoms with E-state index in [2.05, 4.69) is 6.92 Å². The van der Waals surface area contributed by atoms with Crippen LogP contribution >= 0.6 is 0 Å². The Morgan fingerprint density at radius 3 is 2.28 bits per heavy atom. The molecule has 8 heteroatoms. The van der Waals surface area contributed by atoms with E-state index >= 15 is 0 Å². The Morgan fingerprint density at radius 1 is 1.00 bits per heavy atom. The molecule has 0 atom stereocenters. The number of imidazole rings is 1. The minimum atomic E-state index is -0.982. The summed E-state index contributed by atoms with van der Waals surface area (Å²) in [4.78, 5) is 39.4. The van der Waals surface area contributed by atoms with Crippen molar-refractivity contribution in [3.05, 3.63) is 81.5 Å². The molecule has 1 fully saturated rings. The van der Waals surface area contributed by atoms with Gasteiger partial charge in [0.25, 0.3) is 0 Å². The van der Waals surface area contributed by atoms with E-state index in [1.54, 1.807) is 22.8 Å². The van der Waals surface area contributed by atoms with Gasteiger partial charge in [0.15, 0.2) is 0 Å². The standard InChI is InChI=1S/C31H38N2O6/c1-4-5-15-26-27(30(38-2)39-3)33(28(34)23-11-7-6-8-12-23)31(37)32(26)20-21-16-18-22(19-17-21)24-13-9-10-14-25(24)29(35)36/h9-10,13-14,16-19,23,30H,4-8,11-12,15,20H2,1-3H3,(H,35,36). The summed E-state index contributed by atoms with van der Waals surface area (Å²) >= 11 is 0. The molecule has 0 radical (unpaired) electrons. The molecule has 1 aromatic heterocycles. The monoisotopic (exact) mass is 534 g/mol. The van der Waals surface area contributed by atoms with Gasteiger partial charge in [0.05, 0.1) is 12.1 Å². The number of ether oxygens (including phenoxy) is 2. The third kappa shape index (κ3) is 6.07. The number of benzene rings is 2. The van der Waals surface area contributed by atoms with Crippen LogP contribution in [-0.2, 0) is 22.4 Å². The minimum absolute atomic E-state index is 0.175. The van der Waals surface area contributed by atoms with Gasteiger partial charge in [0.2, 0.25) is 12.2 Å². The summed E-state index contributed by atoms with van der Waals surface area (Å²) in [6.07, 6.45) is 6.19. The zero-order chi connectivity index (χ0) is 27.9. The second kappa shape index (κ2) is 13.0. The molecule has 8 nitrogen and oxygen atoms in total. The number of aromatic nitrogens is 2. The van der Waals surface area contributed by atoms with Gasteiger partial charge in [-0.15, -0.1) is 0 Å². The lowest BCUT2D eigenvalue weighted by Gasteiger charge is -2.23. The van der Waals surface area contributed by atoms with Gasteiger partial charge >= 0.3 is 11.7 Å².